The lowest BCUT2D eigenvalue weighted by atomic mass is 10.2. The first-order valence-electron chi connectivity index (χ1n) is 10.2. The standard InChI is InChI=1S/C25H22FN3O4/c1-15-11-19(16(2)29(15)21-6-4-5-18(12-21)24(31)33-3)13-22-23(30)28(25(32)27-22)14-17-7-9-20(26)10-8-17/h4-13H,14H2,1-3H3,(H,27,32)/b22-13-. The zero-order chi connectivity index (χ0) is 23.7. The van der Waals surface area contributed by atoms with Gasteiger partial charge in [0.2, 0.25) is 0 Å². The summed E-state index contributed by atoms with van der Waals surface area (Å²) < 4.78 is 19.9. The quantitative estimate of drug-likeness (QED) is 0.363. The van der Waals surface area contributed by atoms with E-state index in [0.717, 1.165) is 27.5 Å². The van der Waals surface area contributed by atoms with Crippen LogP contribution in [0, 0.1) is 19.7 Å². The Balaban J connectivity index is 1.62. The fourth-order valence-electron chi connectivity index (χ4n) is 3.86. The molecule has 1 aliphatic rings. The number of imide groups is 1. The zero-order valence-corrected chi connectivity index (χ0v) is 18.4. The van der Waals surface area contributed by atoms with Crippen molar-refractivity contribution in [3.05, 3.63) is 94.2 Å². The second-order valence-electron chi connectivity index (χ2n) is 7.71. The summed E-state index contributed by atoms with van der Waals surface area (Å²) >= 11 is 0. The van der Waals surface area contributed by atoms with Crippen LogP contribution >= 0.6 is 0 Å². The van der Waals surface area contributed by atoms with Gasteiger partial charge in [-0.3, -0.25) is 9.69 Å². The summed E-state index contributed by atoms with van der Waals surface area (Å²) in [4.78, 5) is 38.2. The number of hydrogen-bond acceptors (Lipinski definition) is 4. The number of amides is 3. The molecule has 0 saturated carbocycles. The molecule has 1 aliphatic heterocycles. The van der Waals surface area contributed by atoms with Crippen molar-refractivity contribution in [1.82, 2.24) is 14.8 Å². The van der Waals surface area contributed by atoms with Crippen LogP contribution in [-0.2, 0) is 16.1 Å². The lowest BCUT2D eigenvalue weighted by Crippen LogP contribution is -2.30. The molecule has 1 N–H and O–H groups in total. The first-order chi connectivity index (χ1) is 15.8. The summed E-state index contributed by atoms with van der Waals surface area (Å²) in [6.45, 7) is 3.85. The number of aryl methyl sites for hydroxylation is 1. The van der Waals surface area contributed by atoms with Crippen LogP contribution in [0.5, 0.6) is 0 Å². The maximum absolute atomic E-state index is 13.1. The number of aromatic nitrogens is 1. The molecular weight excluding hydrogens is 425 g/mol. The van der Waals surface area contributed by atoms with Gasteiger partial charge >= 0.3 is 12.0 Å². The van der Waals surface area contributed by atoms with Gasteiger partial charge in [0.15, 0.2) is 0 Å². The number of esters is 1. The smallest absolute Gasteiger partial charge is 0.337 e. The Bertz CT molecular complexity index is 1290. The molecule has 0 bridgehead atoms. The Morgan fingerprint density at radius 2 is 1.82 bits per heavy atom. The van der Waals surface area contributed by atoms with Gasteiger partial charge in [0.25, 0.3) is 5.91 Å². The van der Waals surface area contributed by atoms with E-state index in [2.05, 4.69) is 5.32 Å². The molecule has 2 aromatic carbocycles. The SMILES string of the molecule is COC(=O)c1cccc(-n2c(C)cc(/C=C3\NC(=O)N(Cc4ccc(F)cc4)C3=O)c2C)c1. The maximum Gasteiger partial charge on any atom is 0.337 e. The number of benzene rings is 2. The number of ether oxygens (including phenoxy) is 1. The Hall–Kier alpha value is -4.20. The number of nitrogens with zero attached hydrogens (tertiary/aromatic N) is 2. The van der Waals surface area contributed by atoms with E-state index in [-0.39, 0.29) is 18.1 Å². The second-order valence-corrected chi connectivity index (χ2v) is 7.71. The Morgan fingerprint density at radius 3 is 2.52 bits per heavy atom. The van der Waals surface area contributed by atoms with Gasteiger partial charge in [-0.2, -0.15) is 0 Å². The van der Waals surface area contributed by atoms with Crippen molar-refractivity contribution in [2.24, 2.45) is 0 Å². The van der Waals surface area contributed by atoms with Gasteiger partial charge in [0, 0.05) is 17.1 Å². The molecule has 2 heterocycles. The van der Waals surface area contributed by atoms with Crippen LogP contribution in [0.25, 0.3) is 11.8 Å². The highest BCUT2D eigenvalue weighted by atomic mass is 19.1. The van der Waals surface area contributed by atoms with E-state index in [9.17, 15) is 18.8 Å². The predicted octanol–water partition coefficient (Wildman–Crippen LogP) is 4.11. The Kier molecular flexibility index (Phi) is 5.83. The molecule has 1 fully saturated rings. The number of rotatable bonds is 5. The molecule has 33 heavy (non-hydrogen) atoms. The summed E-state index contributed by atoms with van der Waals surface area (Å²) in [6, 6.07) is 14.1. The van der Waals surface area contributed by atoms with Crippen LogP contribution in [0.15, 0.2) is 60.3 Å². The maximum atomic E-state index is 13.1. The van der Waals surface area contributed by atoms with Crippen molar-refractivity contribution in [1.29, 1.82) is 0 Å². The third kappa shape index (κ3) is 4.27. The van der Waals surface area contributed by atoms with Crippen LogP contribution in [0.3, 0.4) is 0 Å². The van der Waals surface area contributed by atoms with Crippen molar-refractivity contribution in [2.45, 2.75) is 20.4 Å². The summed E-state index contributed by atoms with van der Waals surface area (Å²) in [5.41, 5.74) is 4.48. The normalized spacial score (nSPS) is 14.7. The molecule has 0 aliphatic carbocycles. The average Bonchev–Trinajstić information content (AvgIpc) is 3.23. The van der Waals surface area contributed by atoms with Gasteiger partial charge in [-0.25, -0.2) is 14.0 Å². The summed E-state index contributed by atoms with van der Waals surface area (Å²) in [5.74, 6) is -1.27. The van der Waals surface area contributed by atoms with E-state index >= 15 is 0 Å². The van der Waals surface area contributed by atoms with Crippen LogP contribution < -0.4 is 5.32 Å². The molecule has 8 heteroatoms. The fraction of sp³-hybridized carbons (Fsp3) is 0.160. The van der Waals surface area contributed by atoms with Gasteiger partial charge in [0.05, 0.1) is 19.2 Å². The molecule has 168 valence electrons. The minimum absolute atomic E-state index is 0.0433. The van der Waals surface area contributed by atoms with Gasteiger partial charge < -0.3 is 14.6 Å². The van der Waals surface area contributed by atoms with Crippen molar-refractivity contribution >= 4 is 24.0 Å². The highest BCUT2D eigenvalue weighted by molar-refractivity contribution is 6.14. The number of urea groups is 1. The van der Waals surface area contributed by atoms with E-state index in [1.807, 2.05) is 30.5 Å². The summed E-state index contributed by atoms with van der Waals surface area (Å²) in [7, 11) is 1.33. The number of nitrogens with one attached hydrogen (secondary N) is 1. The number of carbonyl (C=O) groups is 3. The van der Waals surface area contributed by atoms with Gasteiger partial charge in [0.1, 0.15) is 11.5 Å². The molecule has 0 spiro atoms. The molecule has 0 radical (unpaired) electrons. The van der Waals surface area contributed by atoms with Gasteiger partial charge in [-0.15, -0.1) is 0 Å². The van der Waals surface area contributed by atoms with E-state index in [4.69, 9.17) is 4.74 Å². The minimum atomic E-state index is -0.532. The summed E-state index contributed by atoms with van der Waals surface area (Å²) in [5, 5.41) is 2.62. The van der Waals surface area contributed by atoms with Crippen LogP contribution in [0.2, 0.25) is 0 Å². The van der Waals surface area contributed by atoms with Crippen molar-refractivity contribution in [3.63, 3.8) is 0 Å². The summed E-state index contributed by atoms with van der Waals surface area (Å²) in [6.07, 6.45) is 1.63. The predicted molar refractivity (Wildman–Crippen MR) is 120 cm³/mol. The Morgan fingerprint density at radius 1 is 1.09 bits per heavy atom. The van der Waals surface area contributed by atoms with E-state index in [1.165, 1.54) is 31.4 Å². The fourth-order valence-corrected chi connectivity index (χ4v) is 3.86. The molecule has 0 unspecified atom stereocenters. The monoisotopic (exact) mass is 447 g/mol. The molecule has 7 nitrogen and oxygen atoms in total. The largest absolute Gasteiger partial charge is 0.465 e. The Labute approximate surface area is 190 Å². The number of halogens is 1. The molecule has 1 aromatic heterocycles. The van der Waals surface area contributed by atoms with E-state index < -0.39 is 17.9 Å². The van der Waals surface area contributed by atoms with Crippen molar-refractivity contribution < 1.29 is 23.5 Å². The lowest BCUT2D eigenvalue weighted by molar-refractivity contribution is -0.123. The lowest BCUT2D eigenvalue weighted by Gasteiger charge is -2.11. The molecule has 3 aromatic rings. The number of carbonyl (C=O) groups excluding carboxylic acids is 3. The van der Waals surface area contributed by atoms with E-state index in [1.54, 1.807) is 24.3 Å². The minimum Gasteiger partial charge on any atom is -0.465 e. The average molecular weight is 447 g/mol. The van der Waals surface area contributed by atoms with Crippen molar-refractivity contribution in [3.8, 4) is 5.69 Å². The topological polar surface area (TPSA) is 80.6 Å². The van der Waals surface area contributed by atoms with Gasteiger partial charge in [-0.1, -0.05) is 18.2 Å². The van der Waals surface area contributed by atoms with Crippen molar-refractivity contribution in [2.75, 3.05) is 7.11 Å². The second kappa shape index (κ2) is 8.74. The molecule has 4 rings (SSSR count). The number of methoxy groups -OCH3 is 1. The highest BCUT2D eigenvalue weighted by Gasteiger charge is 2.33. The molecule has 3 amide bonds. The first-order valence-corrected chi connectivity index (χ1v) is 10.2. The highest BCUT2D eigenvalue weighted by Crippen LogP contribution is 2.25. The molecule has 0 atom stereocenters. The first kappa shape index (κ1) is 22.0. The molecule has 1 saturated heterocycles. The zero-order valence-electron chi connectivity index (χ0n) is 18.4. The van der Waals surface area contributed by atoms with E-state index in [0.29, 0.717) is 11.1 Å². The third-order valence-electron chi connectivity index (χ3n) is 5.51. The van der Waals surface area contributed by atoms with Gasteiger partial charge in [-0.05, 0) is 67.4 Å². The van der Waals surface area contributed by atoms with Crippen LogP contribution in [0.4, 0.5) is 9.18 Å². The van der Waals surface area contributed by atoms with Crippen LogP contribution in [-0.4, -0.2) is 34.5 Å². The molecular formula is C25H22FN3O4. The number of hydrogen-bond donors (Lipinski definition) is 1. The van der Waals surface area contributed by atoms with Crippen LogP contribution in [0.1, 0.15) is 32.9 Å². The third-order valence-corrected chi connectivity index (χ3v) is 5.51.